The van der Waals surface area contributed by atoms with Crippen molar-refractivity contribution < 1.29 is 9.53 Å². The predicted octanol–water partition coefficient (Wildman–Crippen LogP) is 2.79. The number of carbonyl (C=O) groups is 1. The Morgan fingerprint density at radius 3 is 2.88 bits per heavy atom. The quantitative estimate of drug-likeness (QED) is 0.872. The molecule has 7 heteroatoms. The van der Waals surface area contributed by atoms with Crippen molar-refractivity contribution in [1.29, 1.82) is 0 Å². The van der Waals surface area contributed by atoms with Crippen molar-refractivity contribution >= 4 is 29.7 Å². The van der Waals surface area contributed by atoms with Crippen LogP contribution in [0.3, 0.4) is 0 Å². The lowest BCUT2D eigenvalue weighted by Crippen LogP contribution is -2.55. The number of nitrogens with zero attached hydrogens (tertiary/aromatic N) is 1. The van der Waals surface area contributed by atoms with Gasteiger partial charge in [-0.1, -0.05) is 30.3 Å². The van der Waals surface area contributed by atoms with Gasteiger partial charge in [0, 0.05) is 17.5 Å². The third-order valence-corrected chi connectivity index (χ3v) is 4.95. The third kappa shape index (κ3) is 4.33. The number of nitrogens with one attached hydrogen (secondary N) is 2. The smallest absolute Gasteiger partial charge is 0.240 e. The van der Waals surface area contributed by atoms with Crippen LogP contribution in [0.15, 0.2) is 35.7 Å². The van der Waals surface area contributed by atoms with Crippen molar-refractivity contribution in [2.75, 3.05) is 13.2 Å². The Bertz CT molecular complexity index is 665. The van der Waals surface area contributed by atoms with Crippen LogP contribution < -0.4 is 10.6 Å². The lowest BCUT2D eigenvalue weighted by molar-refractivity contribution is -0.129. The summed E-state index contributed by atoms with van der Waals surface area (Å²) in [5.74, 6) is -0.0406. The molecule has 1 aromatic carbocycles. The van der Waals surface area contributed by atoms with E-state index in [1.165, 1.54) is 0 Å². The third-order valence-electron chi connectivity index (χ3n) is 3.92. The fraction of sp³-hybridized carbons (Fsp3) is 0.412. The van der Waals surface area contributed by atoms with Crippen molar-refractivity contribution in [3.8, 4) is 11.3 Å². The number of hydrogen-bond acceptors (Lipinski definition) is 5. The van der Waals surface area contributed by atoms with Gasteiger partial charge in [0.15, 0.2) is 0 Å². The number of rotatable bonds is 4. The molecule has 1 aliphatic heterocycles. The molecular weight excluding hydrogens is 346 g/mol. The first-order chi connectivity index (χ1) is 11.1. The van der Waals surface area contributed by atoms with Gasteiger partial charge in [-0.15, -0.1) is 23.7 Å². The molecule has 1 amide bonds. The maximum Gasteiger partial charge on any atom is 0.240 e. The monoisotopic (exact) mass is 367 g/mol. The molecule has 0 spiro atoms. The Morgan fingerprint density at radius 1 is 1.42 bits per heavy atom. The van der Waals surface area contributed by atoms with Crippen LogP contribution in [0, 0.1) is 0 Å². The second-order valence-electron chi connectivity index (χ2n) is 5.67. The molecule has 1 aliphatic rings. The Balaban J connectivity index is 0.00000208. The molecular formula is C17H22ClN3O2S. The second-order valence-corrected chi connectivity index (χ2v) is 6.56. The first-order valence-corrected chi connectivity index (χ1v) is 8.69. The number of amides is 1. The van der Waals surface area contributed by atoms with Crippen LogP contribution in [0.5, 0.6) is 0 Å². The number of carbonyl (C=O) groups excluding carboxylic acids is 1. The van der Waals surface area contributed by atoms with Crippen molar-refractivity contribution in [1.82, 2.24) is 15.6 Å². The number of halogens is 1. The number of thiazole rings is 1. The lowest BCUT2D eigenvalue weighted by Gasteiger charge is -2.30. The van der Waals surface area contributed by atoms with Crippen LogP contribution in [0.25, 0.3) is 11.3 Å². The summed E-state index contributed by atoms with van der Waals surface area (Å²) in [5, 5.41) is 9.16. The molecule has 0 saturated carbocycles. The summed E-state index contributed by atoms with van der Waals surface area (Å²) in [6, 6.07) is 9.62. The zero-order chi connectivity index (χ0) is 16.2. The number of ether oxygens (including phenoxy) is 1. The fourth-order valence-corrected chi connectivity index (χ4v) is 3.46. The minimum absolute atomic E-state index is 0. The Morgan fingerprint density at radius 2 is 2.17 bits per heavy atom. The van der Waals surface area contributed by atoms with E-state index in [-0.39, 0.29) is 36.5 Å². The van der Waals surface area contributed by atoms with Gasteiger partial charge in [0.25, 0.3) is 0 Å². The molecule has 5 nitrogen and oxygen atoms in total. The highest BCUT2D eigenvalue weighted by molar-refractivity contribution is 7.10. The highest BCUT2D eigenvalue weighted by atomic mass is 35.5. The summed E-state index contributed by atoms with van der Waals surface area (Å²) in [7, 11) is 0. The van der Waals surface area contributed by atoms with Gasteiger partial charge in [-0.3, -0.25) is 4.79 Å². The molecule has 24 heavy (non-hydrogen) atoms. The van der Waals surface area contributed by atoms with Crippen LogP contribution in [0.1, 0.15) is 24.9 Å². The highest BCUT2D eigenvalue weighted by Gasteiger charge is 2.29. The van der Waals surface area contributed by atoms with Gasteiger partial charge >= 0.3 is 0 Å². The Kier molecular flexibility index (Phi) is 6.74. The summed E-state index contributed by atoms with van der Waals surface area (Å²) in [4.78, 5) is 17.0. The molecule has 2 heterocycles. The molecule has 3 rings (SSSR count). The maximum atomic E-state index is 12.4. The molecule has 0 radical (unpaired) electrons. The molecule has 2 aromatic rings. The summed E-state index contributed by atoms with van der Waals surface area (Å²) in [6.45, 7) is 5.22. The van der Waals surface area contributed by atoms with Gasteiger partial charge in [-0.25, -0.2) is 4.98 Å². The molecule has 3 atom stereocenters. The number of hydrogen-bond donors (Lipinski definition) is 2. The van der Waals surface area contributed by atoms with Gasteiger partial charge in [0.2, 0.25) is 5.91 Å². The van der Waals surface area contributed by atoms with Crippen LogP contribution in [0.2, 0.25) is 0 Å². The van der Waals surface area contributed by atoms with Crippen molar-refractivity contribution in [3.05, 3.63) is 40.7 Å². The largest absolute Gasteiger partial charge is 0.375 e. The van der Waals surface area contributed by atoms with Crippen LogP contribution >= 0.6 is 23.7 Å². The average molecular weight is 368 g/mol. The maximum absolute atomic E-state index is 12.4. The summed E-state index contributed by atoms with van der Waals surface area (Å²) >= 11 is 1.56. The standard InChI is InChI=1S/C17H21N3O2S.ClH/c1-11(19-16(21)15-12(2)22-9-8-18-15)17-20-14(10-23-17)13-6-4-3-5-7-13;/h3-7,10-12,15,18H,8-9H2,1-2H3,(H,19,21);1H/t11?,12-,15+;/m1./s1. The van der Waals surface area contributed by atoms with E-state index in [4.69, 9.17) is 4.74 Å². The van der Waals surface area contributed by atoms with Gasteiger partial charge in [0.1, 0.15) is 11.0 Å². The zero-order valence-electron chi connectivity index (χ0n) is 13.7. The normalized spacial score (nSPS) is 21.6. The van der Waals surface area contributed by atoms with E-state index in [1.807, 2.05) is 49.6 Å². The Labute approximate surface area is 152 Å². The fourth-order valence-electron chi connectivity index (χ4n) is 2.62. The second kappa shape index (κ2) is 8.58. The summed E-state index contributed by atoms with van der Waals surface area (Å²) in [5.41, 5.74) is 2.03. The Hall–Kier alpha value is -1.47. The lowest BCUT2D eigenvalue weighted by atomic mass is 10.1. The van der Waals surface area contributed by atoms with E-state index in [0.717, 1.165) is 16.3 Å². The van der Waals surface area contributed by atoms with E-state index < -0.39 is 0 Å². The number of morpholine rings is 1. The molecule has 2 N–H and O–H groups in total. The first-order valence-electron chi connectivity index (χ1n) is 7.81. The minimum Gasteiger partial charge on any atom is -0.375 e. The molecule has 1 aromatic heterocycles. The molecule has 1 unspecified atom stereocenters. The van der Waals surface area contributed by atoms with Crippen LogP contribution in [0.4, 0.5) is 0 Å². The van der Waals surface area contributed by atoms with Crippen molar-refractivity contribution in [2.45, 2.75) is 32.0 Å². The summed E-state index contributed by atoms with van der Waals surface area (Å²) in [6.07, 6.45) is -0.118. The van der Waals surface area contributed by atoms with E-state index >= 15 is 0 Å². The van der Waals surface area contributed by atoms with Crippen LogP contribution in [-0.4, -0.2) is 36.2 Å². The van der Waals surface area contributed by atoms with Crippen molar-refractivity contribution in [3.63, 3.8) is 0 Å². The SMILES string of the molecule is CC(NC(=O)[C@H]1NCCO[C@@H]1C)c1nc(-c2ccccc2)cs1.Cl. The predicted molar refractivity (Wildman–Crippen MR) is 98.6 cm³/mol. The zero-order valence-corrected chi connectivity index (χ0v) is 15.3. The van der Waals surface area contributed by atoms with E-state index in [9.17, 15) is 4.79 Å². The van der Waals surface area contributed by atoms with E-state index in [2.05, 4.69) is 15.6 Å². The minimum atomic E-state index is -0.306. The first kappa shape index (κ1) is 18.9. The van der Waals surface area contributed by atoms with E-state index in [0.29, 0.717) is 13.2 Å². The van der Waals surface area contributed by atoms with Crippen LogP contribution in [-0.2, 0) is 9.53 Å². The van der Waals surface area contributed by atoms with Gasteiger partial charge in [-0.2, -0.15) is 0 Å². The molecule has 130 valence electrons. The highest BCUT2D eigenvalue weighted by Crippen LogP contribution is 2.25. The topological polar surface area (TPSA) is 63.2 Å². The number of benzene rings is 1. The van der Waals surface area contributed by atoms with Gasteiger partial charge in [-0.05, 0) is 13.8 Å². The molecule has 1 fully saturated rings. The molecule has 0 bridgehead atoms. The molecule has 1 saturated heterocycles. The van der Waals surface area contributed by atoms with Crippen molar-refractivity contribution in [2.24, 2.45) is 0 Å². The average Bonchev–Trinajstić information content (AvgIpc) is 3.06. The van der Waals surface area contributed by atoms with E-state index in [1.54, 1.807) is 11.3 Å². The summed E-state index contributed by atoms with van der Waals surface area (Å²) < 4.78 is 5.52. The number of aromatic nitrogens is 1. The van der Waals surface area contributed by atoms with Gasteiger partial charge in [0.05, 0.1) is 24.4 Å². The molecule has 0 aliphatic carbocycles. The van der Waals surface area contributed by atoms with Gasteiger partial charge < -0.3 is 15.4 Å².